The summed E-state index contributed by atoms with van der Waals surface area (Å²) in [5.74, 6) is 0.986. The lowest BCUT2D eigenvalue weighted by Crippen LogP contribution is -2.30. The van der Waals surface area contributed by atoms with Gasteiger partial charge in [0.25, 0.3) is 5.91 Å². The first-order valence-electron chi connectivity index (χ1n) is 11.1. The number of benzene rings is 2. The van der Waals surface area contributed by atoms with Crippen molar-refractivity contribution in [2.45, 2.75) is 57.9 Å². The van der Waals surface area contributed by atoms with Gasteiger partial charge in [0.1, 0.15) is 6.04 Å². The highest BCUT2D eigenvalue weighted by atomic mass is 35.5. The van der Waals surface area contributed by atoms with Crippen LogP contribution >= 0.6 is 11.6 Å². The van der Waals surface area contributed by atoms with Gasteiger partial charge in [-0.2, -0.15) is 4.98 Å². The summed E-state index contributed by atoms with van der Waals surface area (Å²) in [6.45, 7) is 2.91. The molecule has 0 aliphatic carbocycles. The first-order valence-corrected chi connectivity index (χ1v) is 11.5. The van der Waals surface area contributed by atoms with Crippen LogP contribution in [0.15, 0.2) is 53.1 Å². The molecule has 6 heteroatoms. The van der Waals surface area contributed by atoms with E-state index in [1.54, 1.807) is 12.1 Å². The highest BCUT2D eigenvalue weighted by molar-refractivity contribution is 6.30. The SMILES string of the molecule is CCCCCCc1ccc(C(=O)N2CCCC2c2nc(-c3cccc(Cl)c3)no2)cc1. The van der Waals surface area contributed by atoms with Gasteiger partial charge in [0.05, 0.1) is 0 Å². The van der Waals surface area contributed by atoms with Crippen molar-refractivity contribution in [1.29, 1.82) is 0 Å². The fourth-order valence-corrected chi connectivity index (χ4v) is 4.31. The van der Waals surface area contributed by atoms with Crippen LogP contribution in [-0.2, 0) is 6.42 Å². The molecule has 1 aliphatic rings. The predicted molar refractivity (Wildman–Crippen MR) is 122 cm³/mol. The lowest BCUT2D eigenvalue weighted by molar-refractivity contribution is 0.0710. The molecule has 1 aromatic heterocycles. The van der Waals surface area contributed by atoms with Gasteiger partial charge < -0.3 is 9.42 Å². The van der Waals surface area contributed by atoms with Crippen molar-refractivity contribution in [2.24, 2.45) is 0 Å². The fraction of sp³-hybridized carbons (Fsp3) is 0.400. The van der Waals surface area contributed by atoms with Gasteiger partial charge in [-0.25, -0.2) is 0 Å². The lowest BCUT2D eigenvalue weighted by Gasteiger charge is -2.22. The van der Waals surface area contributed by atoms with Crippen molar-refractivity contribution >= 4 is 17.5 Å². The van der Waals surface area contributed by atoms with Crippen LogP contribution in [0, 0.1) is 0 Å². The Balaban J connectivity index is 1.44. The molecule has 2 aromatic carbocycles. The van der Waals surface area contributed by atoms with E-state index in [2.05, 4.69) is 29.2 Å². The normalized spacial score (nSPS) is 16.1. The number of nitrogens with zero attached hydrogens (tertiary/aromatic N) is 3. The second kappa shape index (κ2) is 10.1. The number of halogens is 1. The molecule has 0 bridgehead atoms. The van der Waals surface area contributed by atoms with Gasteiger partial charge in [-0.05, 0) is 55.5 Å². The monoisotopic (exact) mass is 437 g/mol. The summed E-state index contributed by atoms with van der Waals surface area (Å²) >= 11 is 6.08. The molecule has 1 aliphatic heterocycles. The average Bonchev–Trinajstić information content (AvgIpc) is 3.46. The Labute approximate surface area is 188 Å². The van der Waals surface area contributed by atoms with Crippen molar-refractivity contribution in [1.82, 2.24) is 15.0 Å². The molecule has 1 atom stereocenters. The molecule has 31 heavy (non-hydrogen) atoms. The quantitative estimate of drug-likeness (QED) is 0.378. The second-order valence-corrected chi connectivity index (χ2v) is 8.57. The first kappa shape index (κ1) is 21.6. The molecule has 162 valence electrons. The number of likely N-dealkylation sites (tertiary alicyclic amines) is 1. The van der Waals surface area contributed by atoms with Gasteiger partial charge in [0.15, 0.2) is 0 Å². The standard InChI is InChI=1S/C25H28ClN3O2/c1-2-3-4-5-8-18-12-14-19(15-13-18)25(30)29-16-7-11-22(29)24-27-23(28-31-24)20-9-6-10-21(26)17-20/h6,9-10,12-15,17,22H,2-5,7-8,11,16H2,1H3. The Bertz CT molecular complexity index is 1020. The van der Waals surface area contributed by atoms with Crippen LogP contribution in [0.4, 0.5) is 0 Å². The van der Waals surface area contributed by atoms with Crippen molar-refractivity contribution in [2.75, 3.05) is 6.54 Å². The number of carbonyl (C=O) groups excluding carboxylic acids is 1. The fourth-order valence-electron chi connectivity index (χ4n) is 4.12. The number of unbranched alkanes of at least 4 members (excludes halogenated alkanes) is 3. The van der Waals surface area contributed by atoms with E-state index >= 15 is 0 Å². The van der Waals surface area contributed by atoms with Crippen LogP contribution < -0.4 is 0 Å². The zero-order valence-corrected chi connectivity index (χ0v) is 18.6. The van der Waals surface area contributed by atoms with E-state index in [1.165, 1.54) is 31.2 Å². The predicted octanol–water partition coefficient (Wildman–Crippen LogP) is 6.49. The topological polar surface area (TPSA) is 59.2 Å². The highest BCUT2D eigenvalue weighted by Crippen LogP contribution is 2.33. The van der Waals surface area contributed by atoms with E-state index in [0.717, 1.165) is 24.8 Å². The summed E-state index contributed by atoms with van der Waals surface area (Å²) in [7, 11) is 0. The van der Waals surface area contributed by atoms with Crippen LogP contribution in [-0.4, -0.2) is 27.5 Å². The number of amides is 1. The zero-order chi connectivity index (χ0) is 21.6. The smallest absolute Gasteiger partial charge is 0.254 e. The summed E-state index contributed by atoms with van der Waals surface area (Å²) in [5.41, 5.74) is 2.79. The summed E-state index contributed by atoms with van der Waals surface area (Å²) in [6.07, 6.45) is 7.77. The molecule has 1 amide bonds. The summed E-state index contributed by atoms with van der Waals surface area (Å²) in [5, 5.41) is 4.73. The minimum atomic E-state index is -0.193. The van der Waals surface area contributed by atoms with Crippen LogP contribution in [0.5, 0.6) is 0 Å². The first-order chi connectivity index (χ1) is 15.2. The molecule has 5 nitrogen and oxygen atoms in total. The number of aromatic nitrogens is 2. The molecule has 1 saturated heterocycles. The number of aryl methyl sites for hydroxylation is 1. The molecule has 2 heterocycles. The maximum absolute atomic E-state index is 13.2. The van der Waals surface area contributed by atoms with Gasteiger partial charge in [-0.15, -0.1) is 0 Å². The molecular formula is C25H28ClN3O2. The maximum Gasteiger partial charge on any atom is 0.254 e. The van der Waals surface area contributed by atoms with E-state index in [0.29, 0.717) is 28.8 Å². The van der Waals surface area contributed by atoms with E-state index < -0.39 is 0 Å². The molecule has 0 N–H and O–H groups in total. The third kappa shape index (κ3) is 5.16. The van der Waals surface area contributed by atoms with Gasteiger partial charge in [0.2, 0.25) is 11.7 Å². The third-order valence-electron chi connectivity index (χ3n) is 5.84. The van der Waals surface area contributed by atoms with Crippen molar-refractivity contribution in [3.05, 3.63) is 70.6 Å². The highest BCUT2D eigenvalue weighted by Gasteiger charge is 2.34. The van der Waals surface area contributed by atoms with Crippen LogP contribution in [0.1, 0.15) is 73.3 Å². The molecule has 0 radical (unpaired) electrons. The summed E-state index contributed by atoms with van der Waals surface area (Å²) in [6, 6.07) is 15.2. The Morgan fingerprint density at radius 2 is 2.00 bits per heavy atom. The zero-order valence-electron chi connectivity index (χ0n) is 17.9. The van der Waals surface area contributed by atoms with Gasteiger partial charge >= 0.3 is 0 Å². The van der Waals surface area contributed by atoms with Crippen LogP contribution in [0.25, 0.3) is 11.4 Å². The Kier molecular flexibility index (Phi) is 7.03. The number of hydrogen-bond acceptors (Lipinski definition) is 4. The maximum atomic E-state index is 13.2. The molecule has 3 aromatic rings. The van der Waals surface area contributed by atoms with E-state index in [-0.39, 0.29) is 11.9 Å². The van der Waals surface area contributed by atoms with Gasteiger partial charge in [0, 0.05) is 22.7 Å². The van der Waals surface area contributed by atoms with E-state index in [1.807, 2.05) is 29.2 Å². The Morgan fingerprint density at radius 1 is 1.16 bits per heavy atom. The Hall–Kier alpha value is -2.66. The third-order valence-corrected chi connectivity index (χ3v) is 6.08. The minimum Gasteiger partial charge on any atom is -0.337 e. The van der Waals surface area contributed by atoms with Crippen molar-refractivity contribution in [3.63, 3.8) is 0 Å². The second-order valence-electron chi connectivity index (χ2n) is 8.13. The molecule has 4 rings (SSSR count). The number of carbonyl (C=O) groups is 1. The van der Waals surface area contributed by atoms with Crippen LogP contribution in [0.2, 0.25) is 5.02 Å². The molecule has 0 saturated carbocycles. The minimum absolute atomic E-state index is 0.0162. The largest absolute Gasteiger partial charge is 0.337 e. The van der Waals surface area contributed by atoms with Gasteiger partial charge in [-0.1, -0.05) is 67.2 Å². The Morgan fingerprint density at radius 3 is 2.77 bits per heavy atom. The van der Waals surface area contributed by atoms with Crippen LogP contribution in [0.3, 0.4) is 0 Å². The van der Waals surface area contributed by atoms with Crippen molar-refractivity contribution < 1.29 is 9.32 Å². The van der Waals surface area contributed by atoms with Crippen molar-refractivity contribution in [3.8, 4) is 11.4 Å². The van der Waals surface area contributed by atoms with Gasteiger partial charge in [-0.3, -0.25) is 4.79 Å². The molecule has 1 fully saturated rings. The van der Waals surface area contributed by atoms with E-state index in [9.17, 15) is 4.79 Å². The molecule has 0 spiro atoms. The molecule has 1 unspecified atom stereocenters. The van der Waals surface area contributed by atoms with E-state index in [4.69, 9.17) is 16.1 Å². The average molecular weight is 438 g/mol. The number of hydrogen-bond donors (Lipinski definition) is 0. The lowest BCUT2D eigenvalue weighted by atomic mass is 10.0. The summed E-state index contributed by atoms with van der Waals surface area (Å²) < 4.78 is 5.54. The number of rotatable bonds is 8. The molecular weight excluding hydrogens is 410 g/mol. The summed E-state index contributed by atoms with van der Waals surface area (Å²) in [4.78, 5) is 19.6.